The largest absolute Gasteiger partial charge is 0.493 e. The fraction of sp³-hybridized carbons (Fsp3) is 0.357. The Morgan fingerprint density at radius 1 is 1.40 bits per heavy atom. The van der Waals surface area contributed by atoms with Crippen LogP contribution in [-0.2, 0) is 13.1 Å². The minimum absolute atomic E-state index is 0.414. The first kappa shape index (κ1) is 14.7. The van der Waals surface area contributed by atoms with Crippen molar-refractivity contribution in [3.05, 3.63) is 41.4 Å². The van der Waals surface area contributed by atoms with Gasteiger partial charge in [-0.05, 0) is 24.1 Å². The SMILES string of the molecule is COc1cc(CN)cc(Cl)c1OCCCn1ccnc1. The molecular weight excluding hydrogens is 278 g/mol. The van der Waals surface area contributed by atoms with Gasteiger partial charge in [-0.2, -0.15) is 0 Å². The molecule has 0 bridgehead atoms. The molecule has 0 aliphatic rings. The van der Waals surface area contributed by atoms with Crippen molar-refractivity contribution in [1.29, 1.82) is 0 Å². The first-order chi connectivity index (χ1) is 9.74. The van der Waals surface area contributed by atoms with Gasteiger partial charge < -0.3 is 19.8 Å². The van der Waals surface area contributed by atoms with E-state index in [0.29, 0.717) is 29.7 Å². The third-order valence-electron chi connectivity index (χ3n) is 2.89. The van der Waals surface area contributed by atoms with Crippen molar-refractivity contribution in [2.75, 3.05) is 13.7 Å². The number of hydrogen-bond donors (Lipinski definition) is 1. The summed E-state index contributed by atoms with van der Waals surface area (Å²) in [6, 6.07) is 3.65. The van der Waals surface area contributed by atoms with Gasteiger partial charge in [0.05, 0.1) is 25.1 Å². The molecule has 0 spiro atoms. The molecule has 1 aromatic heterocycles. The molecule has 108 valence electrons. The van der Waals surface area contributed by atoms with Crippen molar-refractivity contribution < 1.29 is 9.47 Å². The monoisotopic (exact) mass is 295 g/mol. The maximum absolute atomic E-state index is 6.19. The number of hydrogen-bond acceptors (Lipinski definition) is 4. The normalized spacial score (nSPS) is 10.6. The number of imidazole rings is 1. The molecule has 0 aliphatic heterocycles. The third-order valence-corrected chi connectivity index (χ3v) is 3.17. The van der Waals surface area contributed by atoms with Crippen LogP contribution in [0.1, 0.15) is 12.0 Å². The number of benzene rings is 1. The zero-order chi connectivity index (χ0) is 14.4. The standard InChI is InChI=1S/C14H18ClN3O2/c1-19-13-8-11(9-16)7-12(15)14(13)20-6-2-4-18-5-3-17-10-18/h3,5,7-8,10H,2,4,6,9,16H2,1H3. The summed E-state index contributed by atoms with van der Waals surface area (Å²) in [6.45, 7) is 1.81. The molecule has 0 atom stereocenters. The van der Waals surface area contributed by atoms with Gasteiger partial charge in [0, 0.05) is 25.5 Å². The number of aryl methyl sites for hydroxylation is 1. The van der Waals surface area contributed by atoms with Gasteiger partial charge in [-0.15, -0.1) is 0 Å². The van der Waals surface area contributed by atoms with Crippen LogP contribution in [0.15, 0.2) is 30.9 Å². The van der Waals surface area contributed by atoms with Gasteiger partial charge in [0.2, 0.25) is 0 Å². The predicted octanol–water partition coefficient (Wildman–Crippen LogP) is 2.47. The molecule has 0 unspecified atom stereocenters. The Balaban J connectivity index is 1.94. The zero-order valence-corrected chi connectivity index (χ0v) is 12.1. The van der Waals surface area contributed by atoms with E-state index in [1.54, 1.807) is 25.7 Å². The molecule has 0 saturated carbocycles. The van der Waals surface area contributed by atoms with E-state index in [2.05, 4.69) is 4.98 Å². The van der Waals surface area contributed by atoms with Crippen molar-refractivity contribution in [3.8, 4) is 11.5 Å². The second-order valence-electron chi connectivity index (χ2n) is 4.32. The number of methoxy groups -OCH3 is 1. The summed E-state index contributed by atoms with van der Waals surface area (Å²) in [5, 5.41) is 0.521. The average molecular weight is 296 g/mol. The number of nitrogens with two attached hydrogens (primary N) is 1. The van der Waals surface area contributed by atoms with Crippen molar-refractivity contribution in [2.24, 2.45) is 5.73 Å². The van der Waals surface area contributed by atoms with Crippen LogP contribution < -0.4 is 15.2 Å². The van der Waals surface area contributed by atoms with Crippen LogP contribution in [0, 0.1) is 0 Å². The van der Waals surface area contributed by atoms with E-state index in [1.807, 2.05) is 16.8 Å². The number of aromatic nitrogens is 2. The first-order valence-corrected chi connectivity index (χ1v) is 6.77. The Bertz CT molecular complexity index is 544. The fourth-order valence-corrected chi connectivity index (χ4v) is 2.16. The van der Waals surface area contributed by atoms with Gasteiger partial charge in [-0.25, -0.2) is 4.98 Å². The van der Waals surface area contributed by atoms with Gasteiger partial charge in [0.15, 0.2) is 11.5 Å². The smallest absolute Gasteiger partial charge is 0.179 e. The minimum atomic E-state index is 0.414. The second-order valence-corrected chi connectivity index (χ2v) is 4.72. The van der Waals surface area contributed by atoms with Crippen molar-refractivity contribution >= 4 is 11.6 Å². The van der Waals surface area contributed by atoms with Crippen molar-refractivity contribution in [1.82, 2.24) is 9.55 Å². The molecule has 2 aromatic rings. The van der Waals surface area contributed by atoms with Crippen LogP contribution in [-0.4, -0.2) is 23.3 Å². The minimum Gasteiger partial charge on any atom is -0.493 e. The van der Waals surface area contributed by atoms with Crippen LogP contribution in [0.4, 0.5) is 0 Å². The highest BCUT2D eigenvalue weighted by molar-refractivity contribution is 6.32. The second kappa shape index (κ2) is 7.17. The van der Waals surface area contributed by atoms with Gasteiger partial charge in [-0.3, -0.25) is 0 Å². The van der Waals surface area contributed by atoms with Crippen LogP contribution in [0.3, 0.4) is 0 Å². The van der Waals surface area contributed by atoms with Crippen molar-refractivity contribution in [3.63, 3.8) is 0 Å². The van der Waals surface area contributed by atoms with Gasteiger partial charge in [0.25, 0.3) is 0 Å². The number of ether oxygens (including phenoxy) is 2. The Labute approximate surface area is 123 Å². The van der Waals surface area contributed by atoms with E-state index in [-0.39, 0.29) is 0 Å². The van der Waals surface area contributed by atoms with Gasteiger partial charge >= 0.3 is 0 Å². The zero-order valence-electron chi connectivity index (χ0n) is 11.4. The maximum atomic E-state index is 6.19. The molecule has 0 saturated heterocycles. The molecular formula is C14H18ClN3O2. The van der Waals surface area contributed by atoms with Gasteiger partial charge in [0.1, 0.15) is 0 Å². The lowest BCUT2D eigenvalue weighted by molar-refractivity contribution is 0.282. The Hall–Kier alpha value is -1.72. The fourth-order valence-electron chi connectivity index (χ4n) is 1.87. The van der Waals surface area contributed by atoms with E-state index in [9.17, 15) is 0 Å². The van der Waals surface area contributed by atoms with E-state index in [4.69, 9.17) is 26.8 Å². The van der Waals surface area contributed by atoms with Crippen LogP contribution in [0.2, 0.25) is 5.02 Å². The molecule has 1 heterocycles. The van der Waals surface area contributed by atoms with E-state index < -0.39 is 0 Å². The first-order valence-electron chi connectivity index (χ1n) is 6.39. The molecule has 1 aromatic carbocycles. The quantitative estimate of drug-likeness (QED) is 0.797. The molecule has 6 heteroatoms. The summed E-state index contributed by atoms with van der Waals surface area (Å²) in [5.74, 6) is 1.18. The van der Waals surface area contributed by atoms with Crippen LogP contribution in [0.5, 0.6) is 11.5 Å². The third kappa shape index (κ3) is 3.65. The lowest BCUT2D eigenvalue weighted by Crippen LogP contribution is -2.05. The highest BCUT2D eigenvalue weighted by Gasteiger charge is 2.11. The van der Waals surface area contributed by atoms with E-state index >= 15 is 0 Å². The summed E-state index contributed by atoms with van der Waals surface area (Å²) >= 11 is 6.19. The van der Waals surface area contributed by atoms with Crippen molar-refractivity contribution in [2.45, 2.75) is 19.5 Å². The Morgan fingerprint density at radius 2 is 2.25 bits per heavy atom. The predicted molar refractivity (Wildman–Crippen MR) is 78.2 cm³/mol. The Morgan fingerprint density at radius 3 is 2.90 bits per heavy atom. The summed E-state index contributed by atoms with van der Waals surface area (Å²) in [4.78, 5) is 3.99. The average Bonchev–Trinajstić information content (AvgIpc) is 2.97. The van der Waals surface area contributed by atoms with E-state index in [1.165, 1.54) is 0 Å². The highest BCUT2D eigenvalue weighted by Crippen LogP contribution is 2.36. The summed E-state index contributed by atoms with van der Waals surface area (Å²) in [6.07, 6.45) is 6.31. The molecule has 0 amide bonds. The lowest BCUT2D eigenvalue weighted by atomic mass is 10.2. The van der Waals surface area contributed by atoms with Crippen LogP contribution in [0.25, 0.3) is 0 Å². The number of nitrogens with zero attached hydrogens (tertiary/aromatic N) is 2. The topological polar surface area (TPSA) is 62.3 Å². The van der Waals surface area contributed by atoms with E-state index in [0.717, 1.165) is 18.5 Å². The molecule has 20 heavy (non-hydrogen) atoms. The molecule has 0 aliphatic carbocycles. The number of halogens is 1. The maximum Gasteiger partial charge on any atom is 0.179 e. The van der Waals surface area contributed by atoms with Gasteiger partial charge in [-0.1, -0.05) is 11.6 Å². The summed E-state index contributed by atoms with van der Waals surface area (Å²) in [5.41, 5.74) is 6.52. The summed E-state index contributed by atoms with van der Waals surface area (Å²) < 4.78 is 13.0. The van der Waals surface area contributed by atoms with Crippen LogP contribution >= 0.6 is 11.6 Å². The lowest BCUT2D eigenvalue weighted by Gasteiger charge is -2.13. The Kier molecular flexibility index (Phi) is 5.26. The molecule has 2 N–H and O–H groups in total. The molecule has 0 radical (unpaired) electrons. The summed E-state index contributed by atoms with van der Waals surface area (Å²) in [7, 11) is 1.59. The molecule has 5 nitrogen and oxygen atoms in total. The molecule has 2 rings (SSSR count). The highest BCUT2D eigenvalue weighted by atomic mass is 35.5. The number of rotatable bonds is 7. The molecule has 0 fully saturated rings.